The van der Waals surface area contributed by atoms with Gasteiger partial charge in [0.25, 0.3) is 0 Å². The summed E-state index contributed by atoms with van der Waals surface area (Å²) in [5.41, 5.74) is 1.55. The van der Waals surface area contributed by atoms with E-state index in [1.54, 1.807) is 5.56 Å². The first-order chi connectivity index (χ1) is 8.77. The molecule has 0 nitrogen and oxygen atoms in total. The molecule has 0 saturated carbocycles. The van der Waals surface area contributed by atoms with Gasteiger partial charge >= 0.3 is 0 Å². The van der Waals surface area contributed by atoms with Crippen LogP contribution in [-0.2, 0) is 6.42 Å². The Morgan fingerprint density at radius 1 is 1.11 bits per heavy atom. The first kappa shape index (κ1) is 15.8. The minimum Gasteiger partial charge on any atom is -0.152 e. The largest absolute Gasteiger partial charge is 0.152 e. The third kappa shape index (κ3) is 6.04. The van der Waals surface area contributed by atoms with E-state index in [9.17, 15) is 0 Å². The van der Waals surface area contributed by atoms with Crippen LogP contribution in [0.25, 0.3) is 0 Å². The molecule has 0 amide bonds. The first-order valence-electron chi connectivity index (χ1n) is 7.79. The highest BCUT2D eigenvalue weighted by molar-refractivity contribution is 7.07. The van der Waals surface area contributed by atoms with Crippen molar-refractivity contribution in [3.05, 3.63) is 22.4 Å². The van der Waals surface area contributed by atoms with Crippen LogP contribution in [0.2, 0.25) is 0 Å². The Bertz CT molecular complexity index is 276. The van der Waals surface area contributed by atoms with Crippen LogP contribution in [0.4, 0.5) is 0 Å². The molecule has 0 spiro atoms. The van der Waals surface area contributed by atoms with Crippen molar-refractivity contribution < 1.29 is 0 Å². The quantitative estimate of drug-likeness (QED) is 0.435. The molecule has 0 aliphatic heterocycles. The van der Waals surface area contributed by atoms with Gasteiger partial charge in [-0.05, 0) is 40.6 Å². The zero-order valence-electron chi connectivity index (χ0n) is 12.5. The first-order valence-corrected chi connectivity index (χ1v) is 8.73. The predicted octanol–water partition coefficient (Wildman–Crippen LogP) is 6.31. The molecule has 1 aromatic heterocycles. The van der Waals surface area contributed by atoms with E-state index in [-0.39, 0.29) is 0 Å². The van der Waals surface area contributed by atoms with Crippen molar-refractivity contribution in [2.75, 3.05) is 0 Å². The second-order valence-electron chi connectivity index (χ2n) is 5.68. The van der Waals surface area contributed by atoms with Gasteiger partial charge in [-0.2, -0.15) is 11.3 Å². The predicted molar refractivity (Wildman–Crippen MR) is 84.3 cm³/mol. The summed E-state index contributed by atoms with van der Waals surface area (Å²) < 4.78 is 0. The Morgan fingerprint density at radius 2 is 1.89 bits per heavy atom. The third-order valence-corrected chi connectivity index (χ3v) is 4.90. The lowest BCUT2D eigenvalue weighted by atomic mass is 9.83. The van der Waals surface area contributed by atoms with Crippen LogP contribution in [0, 0.1) is 11.8 Å². The van der Waals surface area contributed by atoms with Crippen molar-refractivity contribution in [2.24, 2.45) is 11.8 Å². The zero-order chi connectivity index (χ0) is 13.2. The van der Waals surface area contributed by atoms with Crippen LogP contribution in [0.1, 0.15) is 71.3 Å². The summed E-state index contributed by atoms with van der Waals surface area (Å²) in [5, 5.41) is 4.52. The SMILES string of the molecule is CCCCCCCC(C)C(CC)Cc1ccsc1. The summed E-state index contributed by atoms with van der Waals surface area (Å²) in [6.07, 6.45) is 11.1. The molecule has 0 radical (unpaired) electrons. The van der Waals surface area contributed by atoms with Crippen molar-refractivity contribution in [3.63, 3.8) is 0 Å². The Balaban J connectivity index is 2.22. The van der Waals surface area contributed by atoms with E-state index in [2.05, 4.69) is 37.6 Å². The van der Waals surface area contributed by atoms with Crippen molar-refractivity contribution >= 4 is 11.3 Å². The summed E-state index contributed by atoms with van der Waals surface area (Å²) in [4.78, 5) is 0. The summed E-state index contributed by atoms with van der Waals surface area (Å²) in [7, 11) is 0. The lowest BCUT2D eigenvalue weighted by Crippen LogP contribution is -2.13. The van der Waals surface area contributed by atoms with Crippen LogP contribution in [0.15, 0.2) is 16.8 Å². The lowest BCUT2D eigenvalue weighted by Gasteiger charge is -2.22. The molecule has 0 aromatic carbocycles. The van der Waals surface area contributed by atoms with Gasteiger partial charge in [0.1, 0.15) is 0 Å². The molecule has 0 aliphatic rings. The number of hydrogen-bond donors (Lipinski definition) is 0. The molecule has 18 heavy (non-hydrogen) atoms. The van der Waals surface area contributed by atoms with Gasteiger partial charge < -0.3 is 0 Å². The Hall–Kier alpha value is -0.300. The highest BCUT2D eigenvalue weighted by atomic mass is 32.1. The van der Waals surface area contributed by atoms with E-state index in [0.29, 0.717) is 0 Å². The minimum atomic E-state index is 0.880. The van der Waals surface area contributed by atoms with Crippen molar-refractivity contribution in [2.45, 2.75) is 72.1 Å². The van der Waals surface area contributed by atoms with Gasteiger partial charge in [0.2, 0.25) is 0 Å². The van der Waals surface area contributed by atoms with E-state index >= 15 is 0 Å². The standard InChI is InChI=1S/C17H30S/c1-4-6-7-8-9-10-15(3)17(5-2)13-16-11-12-18-14-16/h11-12,14-15,17H,4-10,13H2,1-3H3. The van der Waals surface area contributed by atoms with Crippen LogP contribution in [0.5, 0.6) is 0 Å². The van der Waals surface area contributed by atoms with Gasteiger partial charge in [0.05, 0.1) is 0 Å². The number of thiophene rings is 1. The van der Waals surface area contributed by atoms with Crippen molar-refractivity contribution in [3.8, 4) is 0 Å². The van der Waals surface area contributed by atoms with Crippen LogP contribution < -0.4 is 0 Å². The Morgan fingerprint density at radius 3 is 2.50 bits per heavy atom. The summed E-state index contributed by atoms with van der Waals surface area (Å²) >= 11 is 1.83. The molecular formula is C17H30S. The Kier molecular flexibility index (Phi) is 8.41. The molecule has 1 heterocycles. The Labute approximate surface area is 118 Å². The molecule has 1 rings (SSSR count). The number of hydrogen-bond acceptors (Lipinski definition) is 1. The van der Waals surface area contributed by atoms with Gasteiger partial charge in [-0.25, -0.2) is 0 Å². The highest BCUT2D eigenvalue weighted by Crippen LogP contribution is 2.26. The zero-order valence-corrected chi connectivity index (χ0v) is 13.3. The molecule has 2 unspecified atom stereocenters. The molecule has 0 saturated heterocycles. The van der Waals surface area contributed by atoms with E-state index in [1.165, 1.54) is 51.4 Å². The molecule has 0 N–H and O–H groups in total. The van der Waals surface area contributed by atoms with Crippen LogP contribution >= 0.6 is 11.3 Å². The van der Waals surface area contributed by atoms with Crippen LogP contribution in [0.3, 0.4) is 0 Å². The normalized spacial score (nSPS) is 14.6. The second-order valence-corrected chi connectivity index (χ2v) is 6.46. The smallest absolute Gasteiger partial charge is 0.00612 e. The molecule has 0 aliphatic carbocycles. The molecular weight excluding hydrogens is 236 g/mol. The summed E-state index contributed by atoms with van der Waals surface area (Å²) in [6.45, 7) is 7.10. The van der Waals surface area contributed by atoms with Gasteiger partial charge in [-0.15, -0.1) is 0 Å². The third-order valence-electron chi connectivity index (χ3n) is 4.17. The topological polar surface area (TPSA) is 0 Å². The van der Waals surface area contributed by atoms with Gasteiger partial charge in [-0.3, -0.25) is 0 Å². The maximum absolute atomic E-state index is 2.46. The number of unbranched alkanes of at least 4 members (excludes halogenated alkanes) is 4. The molecule has 0 bridgehead atoms. The molecule has 104 valence electrons. The van der Waals surface area contributed by atoms with E-state index in [4.69, 9.17) is 0 Å². The monoisotopic (exact) mass is 266 g/mol. The maximum Gasteiger partial charge on any atom is -0.00612 e. The van der Waals surface area contributed by atoms with Crippen molar-refractivity contribution in [1.29, 1.82) is 0 Å². The second kappa shape index (κ2) is 9.61. The van der Waals surface area contributed by atoms with E-state index < -0.39 is 0 Å². The lowest BCUT2D eigenvalue weighted by molar-refractivity contribution is 0.316. The van der Waals surface area contributed by atoms with Crippen LogP contribution in [-0.4, -0.2) is 0 Å². The van der Waals surface area contributed by atoms with E-state index in [1.807, 2.05) is 11.3 Å². The summed E-state index contributed by atoms with van der Waals surface area (Å²) in [5.74, 6) is 1.77. The van der Waals surface area contributed by atoms with Gasteiger partial charge in [-0.1, -0.05) is 65.7 Å². The fraction of sp³-hybridized carbons (Fsp3) is 0.765. The fourth-order valence-electron chi connectivity index (χ4n) is 2.77. The molecule has 1 aromatic rings. The number of rotatable bonds is 10. The minimum absolute atomic E-state index is 0.880. The average molecular weight is 266 g/mol. The molecule has 2 atom stereocenters. The molecule has 1 heteroatoms. The van der Waals surface area contributed by atoms with E-state index in [0.717, 1.165) is 11.8 Å². The molecule has 0 fully saturated rings. The van der Waals surface area contributed by atoms with Gasteiger partial charge in [0, 0.05) is 0 Å². The fourth-order valence-corrected chi connectivity index (χ4v) is 3.45. The maximum atomic E-state index is 2.46. The summed E-state index contributed by atoms with van der Waals surface area (Å²) in [6, 6.07) is 2.29. The van der Waals surface area contributed by atoms with Crippen molar-refractivity contribution in [1.82, 2.24) is 0 Å². The highest BCUT2D eigenvalue weighted by Gasteiger charge is 2.15. The average Bonchev–Trinajstić information content (AvgIpc) is 2.88. The van der Waals surface area contributed by atoms with Gasteiger partial charge in [0.15, 0.2) is 0 Å².